The summed E-state index contributed by atoms with van der Waals surface area (Å²) < 4.78 is 5.52. The number of hydrogen-bond donors (Lipinski definition) is 3. The van der Waals surface area contributed by atoms with Crippen LogP contribution in [0.25, 0.3) is 0 Å². The normalized spacial score (nSPS) is 17.8. The van der Waals surface area contributed by atoms with E-state index in [1.807, 2.05) is 13.8 Å². The second-order valence-corrected chi connectivity index (χ2v) is 5.34. The van der Waals surface area contributed by atoms with Crippen LogP contribution in [0, 0.1) is 6.92 Å². The zero-order valence-electron chi connectivity index (χ0n) is 13.1. The minimum absolute atomic E-state index is 0.0799. The Bertz CT molecular complexity index is 539. The van der Waals surface area contributed by atoms with E-state index in [1.54, 1.807) is 18.2 Å². The number of nitrogens with one attached hydrogen (secondary N) is 3. The minimum atomic E-state index is -0.106. The Morgan fingerprint density at radius 1 is 1.41 bits per heavy atom. The van der Waals surface area contributed by atoms with Gasteiger partial charge < -0.3 is 20.7 Å². The molecule has 6 nitrogen and oxygen atoms in total. The summed E-state index contributed by atoms with van der Waals surface area (Å²) in [6, 6.07) is 5.25. The maximum absolute atomic E-state index is 12.1. The van der Waals surface area contributed by atoms with Crippen LogP contribution in [-0.4, -0.2) is 44.2 Å². The fraction of sp³-hybridized carbons (Fsp3) is 0.500. The molecule has 2 rings (SSSR count). The van der Waals surface area contributed by atoms with Gasteiger partial charge in [0.2, 0.25) is 5.91 Å². The first kappa shape index (κ1) is 16.5. The fourth-order valence-electron chi connectivity index (χ4n) is 2.37. The molecule has 1 aliphatic rings. The van der Waals surface area contributed by atoms with Crippen LogP contribution in [0.2, 0.25) is 0 Å². The molecule has 120 valence electrons. The first-order valence-corrected chi connectivity index (χ1v) is 7.61. The number of amides is 2. The van der Waals surface area contributed by atoms with Gasteiger partial charge in [-0.25, -0.2) is 0 Å². The summed E-state index contributed by atoms with van der Waals surface area (Å²) in [6.45, 7) is 6.50. The number of rotatable bonds is 5. The largest absolute Gasteiger partial charge is 0.375 e. The number of carbonyl (C=O) groups is 2. The van der Waals surface area contributed by atoms with Crippen LogP contribution in [-0.2, 0) is 9.53 Å². The predicted molar refractivity (Wildman–Crippen MR) is 85.0 cm³/mol. The van der Waals surface area contributed by atoms with Gasteiger partial charge in [-0.1, -0.05) is 0 Å². The van der Waals surface area contributed by atoms with Crippen LogP contribution in [0.4, 0.5) is 5.69 Å². The zero-order chi connectivity index (χ0) is 15.9. The molecule has 1 saturated heterocycles. The van der Waals surface area contributed by atoms with Crippen LogP contribution < -0.4 is 16.0 Å². The highest BCUT2D eigenvalue weighted by molar-refractivity contribution is 5.96. The molecule has 1 aliphatic heterocycles. The molecule has 0 bridgehead atoms. The third kappa shape index (κ3) is 4.54. The van der Waals surface area contributed by atoms with Crippen molar-refractivity contribution in [2.24, 2.45) is 0 Å². The van der Waals surface area contributed by atoms with Gasteiger partial charge >= 0.3 is 0 Å². The predicted octanol–water partition coefficient (Wildman–Crippen LogP) is 1.06. The lowest BCUT2D eigenvalue weighted by Gasteiger charge is -2.23. The summed E-state index contributed by atoms with van der Waals surface area (Å²) in [6.07, 6.45) is 0.244. The van der Waals surface area contributed by atoms with E-state index in [1.165, 1.54) is 0 Å². The van der Waals surface area contributed by atoms with Crippen molar-refractivity contribution in [3.8, 4) is 0 Å². The molecule has 0 aromatic heterocycles. The highest BCUT2D eigenvalue weighted by Gasteiger charge is 2.18. The van der Waals surface area contributed by atoms with Gasteiger partial charge in [-0.3, -0.25) is 9.59 Å². The molecule has 0 spiro atoms. The van der Waals surface area contributed by atoms with Crippen molar-refractivity contribution in [2.75, 3.05) is 31.6 Å². The number of benzene rings is 1. The number of carbonyl (C=O) groups excluding carboxylic acids is 2. The Labute approximate surface area is 130 Å². The Morgan fingerprint density at radius 2 is 2.23 bits per heavy atom. The number of aryl methyl sites for hydroxylation is 1. The zero-order valence-corrected chi connectivity index (χ0v) is 13.1. The molecule has 0 radical (unpaired) electrons. The van der Waals surface area contributed by atoms with Crippen molar-refractivity contribution in [1.29, 1.82) is 0 Å². The molecule has 1 heterocycles. The Hall–Kier alpha value is -1.92. The lowest BCUT2D eigenvalue weighted by atomic mass is 10.1. The van der Waals surface area contributed by atoms with Crippen molar-refractivity contribution < 1.29 is 14.3 Å². The van der Waals surface area contributed by atoms with Crippen LogP contribution in [0.1, 0.15) is 29.3 Å². The smallest absolute Gasteiger partial charge is 0.251 e. The third-order valence-corrected chi connectivity index (χ3v) is 3.52. The third-order valence-electron chi connectivity index (χ3n) is 3.52. The number of hydrogen-bond acceptors (Lipinski definition) is 4. The summed E-state index contributed by atoms with van der Waals surface area (Å²) in [4.78, 5) is 23.8. The standard InChI is InChI=1S/C16H23N3O3/c1-3-18-16(21)12-4-5-14(11(2)8-12)19-15(20)9-13-10-17-6-7-22-13/h4-5,8,13,17H,3,6-7,9-10H2,1-2H3,(H,18,21)(H,19,20). The lowest BCUT2D eigenvalue weighted by molar-refractivity contribution is -0.119. The van der Waals surface area contributed by atoms with Crippen molar-refractivity contribution in [3.63, 3.8) is 0 Å². The van der Waals surface area contributed by atoms with Crippen molar-refractivity contribution in [1.82, 2.24) is 10.6 Å². The maximum atomic E-state index is 12.1. The van der Waals surface area contributed by atoms with E-state index in [0.29, 0.717) is 31.7 Å². The Balaban J connectivity index is 1.94. The van der Waals surface area contributed by atoms with E-state index in [4.69, 9.17) is 4.74 Å². The highest BCUT2D eigenvalue weighted by atomic mass is 16.5. The lowest BCUT2D eigenvalue weighted by Crippen LogP contribution is -2.40. The van der Waals surface area contributed by atoms with Gasteiger partial charge in [0, 0.05) is 30.9 Å². The van der Waals surface area contributed by atoms with Gasteiger partial charge in [0.1, 0.15) is 0 Å². The average molecular weight is 305 g/mol. The van der Waals surface area contributed by atoms with Gasteiger partial charge in [0.15, 0.2) is 0 Å². The van der Waals surface area contributed by atoms with Crippen LogP contribution in [0.5, 0.6) is 0 Å². The van der Waals surface area contributed by atoms with Gasteiger partial charge in [0.05, 0.1) is 19.1 Å². The second kappa shape index (κ2) is 7.91. The topological polar surface area (TPSA) is 79.5 Å². The highest BCUT2D eigenvalue weighted by Crippen LogP contribution is 2.17. The number of morpholine rings is 1. The van der Waals surface area contributed by atoms with E-state index >= 15 is 0 Å². The molecule has 2 amide bonds. The van der Waals surface area contributed by atoms with E-state index in [-0.39, 0.29) is 17.9 Å². The molecular weight excluding hydrogens is 282 g/mol. The van der Waals surface area contributed by atoms with Crippen molar-refractivity contribution >= 4 is 17.5 Å². The molecular formula is C16H23N3O3. The molecule has 3 N–H and O–H groups in total. The molecule has 1 aromatic rings. The quantitative estimate of drug-likeness (QED) is 0.760. The molecule has 6 heteroatoms. The summed E-state index contributed by atoms with van der Waals surface area (Å²) in [5.41, 5.74) is 2.18. The van der Waals surface area contributed by atoms with E-state index in [9.17, 15) is 9.59 Å². The maximum Gasteiger partial charge on any atom is 0.251 e. The van der Waals surface area contributed by atoms with Crippen LogP contribution >= 0.6 is 0 Å². The Kier molecular flexibility index (Phi) is 5.91. The SMILES string of the molecule is CCNC(=O)c1ccc(NC(=O)CC2CNCCO2)c(C)c1. The monoisotopic (exact) mass is 305 g/mol. The van der Waals surface area contributed by atoms with E-state index in [0.717, 1.165) is 17.8 Å². The minimum Gasteiger partial charge on any atom is -0.375 e. The molecule has 0 aliphatic carbocycles. The molecule has 1 atom stereocenters. The molecule has 1 unspecified atom stereocenters. The summed E-state index contributed by atoms with van der Waals surface area (Å²) in [7, 11) is 0. The van der Waals surface area contributed by atoms with Gasteiger partial charge in [-0.15, -0.1) is 0 Å². The van der Waals surface area contributed by atoms with Gasteiger partial charge in [-0.05, 0) is 37.6 Å². The summed E-state index contributed by atoms with van der Waals surface area (Å²) in [5.74, 6) is -0.187. The summed E-state index contributed by atoms with van der Waals surface area (Å²) >= 11 is 0. The van der Waals surface area contributed by atoms with Crippen LogP contribution in [0.3, 0.4) is 0 Å². The molecule has 1 aromatic carbocycles. The number of anilines is 1. The van der Waals surface area contributed by atoms with E-state index < -0.39 is 0 Å². The fourth-order valence-corrected chi connectivity index (χ4v) is 2.37. The first-order valence-electron chi connectivity index (χ1n) is 7.61. The van der Waals surface area contributed by atoms with Crippen molar-refractivity contribution in [2.45, 2.75) is 26.4 Å². The first-order chi connectivity index (χ1) is 10.6. The molecule has 1 fully saturated rings. The van der Waals surface area contributed by atoms with Crippen LogP contribution in [0.15, 0.2) is 18.2 Å². The summed E-state index contributed by atoms with van der Waals surface area (Å²) in [5, 5.41) is 8.83. The Morgan fingerprint density at radius 3 is 2.86 bits per heavy atom. The van der Waals surface area contributed by atoms with Gasteiger partial charge in [-0.2, -0.15) is 0 Å². The van der Waals surface area contributed by atoms with Crippen molar-refractivity contribution in [3.05, 3.63) is 29.3 Å². The molecule has 0 saturated carbocycles. The number of ether oxygens (including phenoxy) is 1. The van der Waals surface area contributed by atoms with E-state index in [2.05, 4.69) is 16.0 Å². The average Bonchev–Trinajstić information content (AvgIpc) is 2.50. The van der Waals surface area contributed by atoms with Gasteiger partial charge in [0.25, 0.3) is 5.91 Å². The molecule has 22 heavy (non-hydrogen) atoms. The second-order valence-electron chi connectivity index (χ2n) is 5.34.